The Morgan fingerprint density at radius 3 is 2.25 bits per heavy atom. The quantitative estimate of drug-likeness (QED) is 0.174. The predicted octanol–water partition coefficient (Wildman–Crippen LogP) is -1.38. The van der Waals surface area contributed by atoms with Crippen LogP contribution in [0.25, 0.3) is 0 Å². The van der Waals surface area contributed by atoms with E-state index in [1.807, 2.05) is 0 Å². The van der Waals surface area contributed by atoms with E-state index in [-0.39, 0.29) is 0 Å². The van der Waals surface area contributed by atoms with Gasteiger partial charge < -0.3 is 0 Å². The number of rotatable bonds is 1. The lowest BCUT2D eigenvalue weighted by Crippen LogP contribution is -2.90. The number of hydrogen-bond acceptors (Lipinski definition) is 1. The van der Waals surface area contributed by atoms with Crippen molar-refractivity contribution >= 4 is 11.6 Å². The molecule has 0 heterocycles. The summed E-state index contributed by atoms with van der Waals surface area (Å²) in [5.74, 6) is 4.77. The highest BCUT2D eigenvalue weighted by Crippen LogP contribution is 1.45. The second-order valence-electron chi connectivity index (χ2n) is 0.390. The van der Waals surface area contributed by atoms with Crippen molar-refractivity contribution < 1.29 is 5.43 Å². The van der Waals surface area contributed by atoms with E-state index in [1.165, 1.54) is 5.43 Å². The van der Waals surface area contributed by atoms with E-state index < -0.39 is 0 Å². The van der Waals surface area contributed by atoms with Crippen molar-refractivity contribution in [3.8, 4) is 0 Å². The highest BCUT2D eigenvalue weighted by atomic mass is 35.5. The molecule has 3 heteroatoms. The summed E-state index contributed by atoms with van der Waals surface area (Å²) in [5, 5.41) is 0. The van der Waals surface area contributed by atoms with Crippen LogP contribution in [0, 0.1) is 0 Å². The van der Waals surface area contributed by atoms with Gasteiger partial charge in [0.1, 0.15) is 0 Å². The molecule has 0 radical (unpaired) electrons. The lowest BCUT2D eigenvalue weighted by atomic mass is 11.5. The second-order valence-corrected chi connectivity index (χ2v) is 0.699. The molecular weight excluding hydrogens is 75.5 g/mol. The van der Waals surface area contributed by atoms with Crippen LogP contribution in [0.15, 0.2) is 0 Å². The van der Waals surface area contributed by atoms with Crippen molar-refractivity contribution in [1.82, 2.24) is 0 Å². The smallest absolute Gasteiger partial charge is 0.168 e. The first-order valence-corrected chi connectivity index (χ1v) is 1.54. The monoisotopic (exact) mass is 81.0 g/mol. The summed E-state index contributed by atoms with van der Waals surface area (Å²) in [6.45, 7) is 0. The van der Waals surface area contributed by atoms with Gasteiger partial charge in [-0.1, -0.05) is 11.6 Å². The van der Waals surface area contributed by atoms with Crippen LogP contribution in [0.4, 0.5) is 0 Å². The Morgan fingerprint density at radius 2 is 2.25 bits per heavy atom. The lowest BCUT2D eigenvalue weighted by Gasteiger charge is -1.70. The van der Waals surface area contributed by atoms with Crippen LogP contribution in [0.1, 0.15) is 0 Å². The van der Waals surface area contributed by atoms with Crippen LogP contribution in [0.3, 0.4) is 0 Å². The first-order chi connectivity index (χ1) is 1.91. The van der Waals surface area contributed by atoms with Gasteiger partial charge in [-0.15, -0.1) is 0 Å². The molecule has 0 atom stereocenters. The Kier molecular flexibility index (Phi) is 3.38. The first kappa shape index (κ1) is 4.21. The molecule has 0 fully saturated rings. The van der Waals surface area contributed by atoms with Gasteiger partial charge in [0.2, 0.25) is 0 Å². The molecule has 0 bridgehead atoms. The molecule has 26 valence electrons. The Labute approximate surface area is 29.9 Å². The summed E-state index contributed by atoms with van der Waals surface area (Å²) in [6, 6.07) is 0.444. The summed E-state index contributed by atoms with van der Waals surface area (Å²) in [5.41, 5.74) is 1.39. The van der Waals surface area contributed by atoms with Gasteiger partial charge in [-0.3, -0.25) is 5.43 Å². The fourth-order valence-electron chi connectivity index (χ4n) is 0. The summed E-state index contributed by atoms with van der Waals surface area (Å²) in [6.07, 6.45) is 0. The zero-order valence-electron chi connectivity index (χ0n) is 2.24. The van der Waals surface area contributed by atoms with Crippen molar-refractivity contribution in [1.29, 1.82) is 0 Å². The van der Waals surface area contributed by atoms with E-state index >= 15 is 0 Å². The van der Waals surface area contributed by atoms with Crippen molar-refractivity contribution in [2.75, 3.05) is 6.00 Å². The van der Waals surface area contributed by atoms with E-state index in [0.717, 1.165) is 0 Å². The molecule has 0 unspecified atom stereocenters. The highest BCUT2D eigenvalue weighted by molar-refractivity contribution is 6.16. The largest absolute Gasteiger partial charge is 0.259 e. The average Bonchev–Trinajstić information content (AvgIpc) is 1.37. The Balaban J connectivity index is 1.97. The van der Waals surface area contributed by atoms with Crippen LogP contribution in [0.5, 0.6) is 0 Å². The Bertz CT molecular complexity index is 8.00. The van der Waals surface area contributed by atoms with Gasteiger partial charge in [-0.25, -0.2) is 0 Å². The molecule has 0 aromatic carbocycles. The van der Waals surface area contributed by atoms with Crippen LogP contribution >= 0.6 is 11.6 Å². The van der Waals surface area contributed by atoms with Crippen molar-refractivity contribution in [2.24, 2.45) is 5.84 Å². The highest BCUT2D eigenvalue weighted by Gasteiger charge is 1.57. The van der Waals surface area contributed by atoms with Crippen LogP contribution < -0.4 is 11.3 Å². The average molecular weight is 81.5 g/mol. The SMILES string of the molecule is N[NH2+]CCl. The summed E-state index contributed by atoms with van der Waals surface area (Å²) >= 11 is 5.01. The number of halogens is 1. The summed E-state index contributed by atoms with van der Waals surface area (Å²) in [4.78, 5) is 0. The van der Waals surface area contributed by atoms with Gasteiger partial charge in [-0.2, -0.15) is 5.84 Å². The van der Waals surface area contributed by atoms with Gasteiger partial charge in [0.15, 0.2) is 6.00 Å². The maximum absolute atomic E-state index is 5.01. The van der Waals surface area contributed by atoms with E-state index in [4.69, 9.17) is 17.4 Å². The first-order valence-electron chi connectivity index (χ1n) is 1.01. The third kappa shape index (κ3) is 2.21. The normalized spacial score (nSPS) is 7.50. The molecule has 0 amide bonds. The zero-order chi connectivity index (χ0) is 3.41. The third-order valence-electron chi connectivity index (χ3n) is 0.0891. The number of nitrogens with two attached hydrogens (primary N) is 2. The van der Waals surface area contributed by atoms with Crippen molar-refractivity contribution in [3.05, 3.63) is 0 Å². The van der Waals surface area contributed by atoms with Gasteiger partial charge in [-0.05, 0) is 0 Å². The molecule has 0 aliphatic heterocycles. The van der Waals surface area contributed by atoms with Gasteiger partial charge in [0.25, 0.3) is 0 Å². The standard InChI is InChI=1S/CH5ClN2/c2-1-4-3/h4H,1,3H2/p+1. The lowest BCUT2D eigenvalue weighted by molar-refractivity contribution is -0.651. The fraction of sp³-hybridized carbons (Fsp3) is 1.00. The fourth-order valence-corrected chi connectivity index (χ4v) is 0. The van der Waals surface area contributed by atoms with Gasteiger partial charge in [0, 0.05) is 0 Å². The Morgan fingerprint density at radius 1 is 2.00 bits per heavy atom. The minimum atomic E-state index is 0.444. The molecule has 0 aromatic heterocycles. The molecule has 0 spiro atoms. The molecule has 4 heavy (non-hydrogen) atoms. The maximum atomic E-state index is 5.01. The van der Waals surface area contributed by atoms with Crippen LogP contribution in [0.2, 0.25) is 0 Å². The Hall–Kier alpha value is 0.210. The zero-order valence-corrected chi connectivity index (χ0v) is 3.00. The van der Waals surface area contributed by atoms with Gasteiger partial charge >= 0.3 is 0 Å². The molecule has 0 aromatic rings. The predicted molar refractivity (Wildman–Crippen MR) is 16.8 cm³/mol. The minimum absolute atomic E-state index is 0.444. The molecule has 0 saturated carbocycles. The number of quaternary nitrogens is 1. The van der Waals surface area contributed by atoms with Crippen LogP contribution in [-0.2, 0) is 0 Å². The van der Waals surface area contributed by atoms with Crippen molar-refractivity contribution in [2.45, 2.75) is 0 Å². The minimum Gasteiger partial charge on any atom is -0.259 e. The molecule has 0 aliphatic rings. The molecule has 0 aliphatic carbocycles. The summed E-state index contributed by atoms with van der Waals surface area (Å²) < 4.78 is 0. The number of hydrogen-bond donors (Lipinski definition) is 2. The summed E-state index contributed by atoms with van der Waals surface area (Å²) in [7, 11) is 0. The van der Waals surface area contributed by atoms with E-state index in [0.29, 0.717) is 6.00 Å². The number of alkyl halides is 1. The molecular formula is CH6ClN2+. The molecule has 2 nitrogen and oxygen atoms in total. The van der Waals surface area contributed by atoms with E-state index in [1.54, 1.807) is 0 Å². The molecule has 0 saturated heterocycles. The molecule has 4 N–H and O–H groups in total. The van der Waals surface area contributed by atoms with Gasteiger partial charge in [0.05, 0.1) is 0 Å². The second kappa shape index (κ2) is 3.21. The van der Waals surface area contributed by atoms with Crippen LogP contribution in [-0.4, -0.2) is 6.00 Å². The molecule has 0 rings (SSSR count). The van der Waals surface area contributed by atoms with Crippen molar-refractivity contribution in [3.63, 3.8) is 0 Å². The maximum Gasteiger partial charge on any atom is 0.168 e. The van der Waals surface area contributed by atoms with E-state index in [9.17, 15) is 0 Å². The topological polar surface area (TPSA) is 42.6 Å². The van der Waals surface area contributed by atoms with E-state index in [2.05, 4.69) is 0 Å². The third-order valence-corrected chi connectivity index (χ3v) is 0.267.